The Morgan fingerprint density at radius 3 is 2.31 bits per heavy atom. The molecule has 1 aromatic carbocycles. The predicted octanol–water partition coefficient (Wildman–Crippen LogP) is 2.75. The molecule has 82 valence electrons. The minimum Gasteiger partial charge on any atom is -0.397 e. The highest BCUT2D eigenvalue weighted by molar-refractivity contribution is 5.61. The minimum absolute atomic E-state index is 0.0619. The summed E-state index contributed by atoms with van der Waals surface area (Å²) in [7, 11) is 0. The zero-order valence-corrected chi connectivity index (χ0v) is 8.05. The third kappa shape index (κ3) is 1.84. The van der Waals surface area contributed by atoms with Gasteiger partial charge in [0.1, 0.15) is 5.69 Å². The van der Waals surface area contributed by atoms with Crippen molar-refractivity contribution in [1.82, 2.24) is 4.98 Å². The fraction of sp³-hybridized carbons (Fsp3) is 0. The van der Waals surface area contributed by atoms with E-state index in [0.717, 1.165) is 18.2 Å². The minimum atomic E-state index is -1.05. The summed E-state index contributed by atoms with van der Waals surface area (Å²) in [6.07, 6.45) is 1.25. The molecule has 0 aliphatic rings. The molecule has 0 saturated heterocycles. The molecule has 0 aliphatic carbocycles. The summed E-state index contributed by atoms with van der Waals surface area (Å²) in [5.41, 5.74) is 5.59. The van der Waals surface area contributed by atoms with Crippen molar-refractivity contribution in [3.05, 3.63) is 47.9 Å². The van der Waals surface area contributed by atoms with Crippen molar-refractivity contribution >= 4 is 5.69 Å². The van der Waals surface area contributed by atoms with E-state index in [9.17, 15) is 13.2 Å². The van der Waals surface area contributed by atoms with Crippen LogP contribution in [0.3, 0.4) is 0 Å². The van der Waals surface area contributed by atoms with Gasteiger partial charge in [0.25, 0.3) is 0 Å². The number of halogens is 3. The molecule has 0 aliphatic heterocycles. The molecular formula is C11H7F3N2. The molecule has 0 radical (unpaired) electrons. The molecule has 0 amide bonds. The van der Waals surface area contributed by atoms with Gasteiger partial charge in [0.15, 0.2) is 17.5 Å². The molecule has 2 aromatic rings. The first-order valence-electron chi connectivity index (χ1n) is 4.44. The molecule has 1 heterocycles. The van der Waals surface area contributed by atoms with Crippen molar-refractivity contribution in [2.45, 2.75) is 0 Å². The van der Waals surface area contributed by atoms with Crippen molar-refractivity contribution in [3.8, 4) is 11.3 Å². The molecule has 5 heteroatoms. The van der Waals surface area contributed by atoms with Crippen LogP contribution in [0.2, 0.25) is 0 Å². The molecule has 16 heavy (non-hydrogen) atoms. The maximum Gasteiger partial charge on any atom is 0.159 e. The van der Waals surface area contributed by atoms with Gasteiger partial charge in [-0.25, -0.2) is 13.2 Å². The van der Waals surface area contributed by atoms with E-state index < -0.39 is 17.5 Å². The molecule has 2 rings (SSSR count). The van der Waals surface area contributed by atoms with E-state index in [0.29, 0.717) is 0 Å². The normalized spacial score (nSPS) is 10.4. The molecule has 0 bridgehead atoms. The highest BCUT2D eigenvalue weighted by atomic mass is 19.2. The molecule has 2 nitrogen and oxygen atoms in total. The first-order valence-corrected chi connectivity index (χ1v) is 4.44. The predicted molar refractivity (Wildman–Crippen MR) is 54.0 cm³/mol. The first-order chi connectivity index (χ1) is 7.58. The molecule has 0 fully saturated rings. The van der Waals surface area contributed by atoms with Gasteiger partial charge in [0.05, 0.1) is 11.9 Å². The Balaban J connectivity index is 2.54. The maximum atomic E-state index is 13.4. The average molecular weight is 224 g/mol. The van der Waals surface area contributed by atoms with Gasteiger partial charge in [0, 0.05) is 11.6 Å². The quantitative estimate of drug-likeness (QED) is 0.808. The lowest BCUT2D eigenvalue weighted by molar-refractivity contribution is 0.509. The number of rotatable bonds is 1. The van der Waals surface area contributed by atoms with E-state index in [4.69, 9.17) is 5.73 Å². The van der Waals surface area contributed by atoms with Gasteiger partial charge in [-0.2, -0.15) is 0 Å². The lowest BCUT2D eigenvalue weighted by Gasteiger charge is -2.03. The standard InChI is InChI=1S/C11H7F3N2/c12-8-2-1-6(3-9(8)13)11-10(14)4-7(15)5-16-11/h1-5H,15H2. The van der Waals surface area contributed by atoms with Crippen LogP contribution >= 0.6 is 0 Å². The van der Waals surface area contributed by atoms with Crippen LogP contribution in [0.4, 0.5) is 18.9 Å². The second kappa shape index (κ2) is 3.84. The summed E-state index contributed by atoms with van der Waals surface area (Å²) in [6.45, 7) is 0. The third-order valence-electron chi connectivity index (χ3n) is 2.06. The van der Waals surface area contributed by atoms with Gasteiger partial charge >= 0.3 is 0 Å². The van der Waals surface area contributed by atoms with Crippen LogP contribution in [0.5, 0.6) is 0 Å². The zero-order valence-electron chi connectivity index (χ0n) is 8.05. The van der Waals surface area contributed by atoms with Gasteiger partial charge in [-0.1, -0.05) is 0 Å². The van der Waals surface area contributed by atoms with Crippen LogP contribution < -0.4 is 5.73 Å². The Labute approximate surface area is 89.5 Å². The monoisotopic (exact) mass is 224 g/mol. The number of nitrogens with two attached hydrogens (primary N) is 1. The lowest BCUT2D eigenvalue weighted by Crippen LogP contribution is -1.94. The summed E-state index contributed by atoms with van der Waals surface area (Å²) in [4.78, 5) is 3.73. The number of hydrogen-bond acceptors (Lipinski definition) is 2. The van der Waals surface area contributed by atoms with E-state index in [1.807, 2.05) is 0 Å². The van der Waals surface area contributed by atoms with Crippen LogP contribution in [0.25, 0.3) is 11.3 Å². The average Bonchev–Trinajstić information content (AvgIpc) is 2.22. The Hall–Kier alpha value is -2.04. The Bertz CT molecular complexity index is 541. The van der Waals surface area contributed by atoms with Crippen molar-refractivity contribution in [2.75, 3.05) is 5.73 Å². The van der Waals surface area contributed by atoms with E-state index >= 15 is 0 Å². The second-order valence-corrected chi connectivity index (χ2v) is 3.23. The molecule has 0 saturated carbocycles. The summed E-state index contributed by atoms with van der Waals surface area (Å²) < 4.78 is 39.0. The Morgan fingerprint density at radius 2 is 1.69 bits per heavy atom. The van der Waals surface area contributed by atoms with Crippen LogP contribution in [-0.4, -0.2) is 4.98 Å². The van der Waals surface area contributed by atoms with Gasteiger partial charge in [-0.3, -0.25) is 4.98 Å². The van der Waals surface area contributed by atoms with Crippen LogP contribution in [-0.2, 0) is 0 Å². The molecule has 1 aromatic heterocycles. The summed E-state index contributed by atoms with van der Waals surface area (Å²) >= 11 is 0. The maximum absolute atomic E-state index is 13.4. The third-order valence-corrected chi connectivity index (χ3v) is 2.06. The number of hydrogen-bond donors (Lipinski definition) is 1. The van der Waals surface area contributed by atoms with Crippen LogP contribution in [0, 0.1) is 17.5 Å². The highest BCUT2D eigenvalue weighted by Crippen LogP contribution is 2.23. The smallest absolute Gasteiger partial charge is 0.159 e. The number of anilines is 1. The number of nitrogens with zero attached hydrogens (tertiary/aromatic N) is 1. The van der Waals surface area contributed by atoms with Crippen LogP contribution in [0.1, 0.15) is 0 Å². The molecule has 2 N–H and O–H groups in total. The van der Waals surface area contributed by atoms with Crippen molar-refractivity contribution < 1.29 is 13.2 Å². The summed E-state index contributed by atoms with van der Waals surface area (Å²) in [6, 6.07) is 4.13. The number of pyridine rings is 1. The van der Waals surface area contributed by atoms with Gasteiger partial charge < -0.3 is 5.73 Å². The van der Waals surface area contributed by atoms with Gasteiger partial charge in [0.2, 0.25) is 0 Å². The number of benzene rings is 1. The van der Waals surface area contributed by atoms with E-state index in [1.165, 1.54) is 12.3 Å². The van der Waals surface area contributed by atoms with Gasteiger partial charge in [-0.05, 0) is 18.2 Å². The van der Waals surface area contributed by atoms with Crippen molar-refractivity contribution in [3.63, 3.8) is 0 Å². The van der Waals surface area contributed by atoms with Crippen molar-refractivity contribution in [1.29, 1.82) is 0 Å². The fourth-order valence-electron chi connectivity index (χ4n) is 1.31. The number of nitrogen functional groups attached to an aromatic ring is 1. The van der Waals surface area contributed by atoms with E-state index in [2.05, 4.69) is 4.98 Å². The number of aromatic nitrogens is 1. The van der Waals surface area contributed by atoms with Gasteiger partial charge in [-0.15, -0.1) is 0 Å². The molecule has 0 spiro atoms. The highest BCUT2D eigenvalue weighted by Gasteiger charge is 2.10. The Kier molecular flexibility index (Phi) is 2.52. The Morgan fingerprint density at radius 1 is 0.938 bits per heavy atom. The SMILES string of the molecule is Nc1cnc(-c2ccc(F)c(F)c2)c(F)c1. The molecule has 0 atom stereocenters. The summed E-state index contributed by atoms with van der Waals surface area (Å²) in [5, 5.41) is 0. The zero-order chi connectivity index (χ0) is 11.7. The molecule has 0 unspecified atom stereocenters. The first kappa shape index (κ1) is 10.5. The largest absolute Gasteiger partial charge is 0.397 e. The second-order valence-electron chi connectivity index (χ2n) is 3.23. The van der Waals surface area contributed by atoms with E-state index in [1.54, 1.807) is 0 Å². The summed E-state index contributed by atoms with van der Waals surface area (Å²) in [5.74, 6) is -2.71. The van der Waals surface area contributed by atoms with Crippen LogP contribution in [0.15, 0.2) is 30.5 Å². The topological polar surface area (TPSA) is 38.9 Å². The molecular weight excluding hydrogens is 217 g/mol. The van der Waals surface area contributed by atoms with E-state index in [-0.39, 0.29) is 16.9 Å². The lowest BCUT2D eigenvalue weighted by atomic mass is 10.1. The van der Waals surface area contributed by atoms with Crippen molar-refractivity contribution in [2.24, 2.45) is 0 Å². The fourth-order valence-corrected chi connectivity index (χ4v) is 1.31.